The number of benzene rings is 3. The van der Waals surface area contributed by atoms with Gasteiger partial charge >= 0.3 is 0 Å². The number of amides is 1. The molecule has 1 amide bonds. The van der Waals surface area contributed by atoms with E-state index in [1.165, 1.54) is 50.6 Å². The van der Waals surface area contributed by atoms with Crippen LogP contribution in [0, 0.1) is 11.6 Å². The first kappa shape index (κ1) is 27.2. The van der Waals surface area contributed by atoms with E-state index in [4.69, 9.17) is 21.1 Å². The van der Waals surface area contributed by atoms with Gasteiger partial charge in [-0.1, -0.05) is 23.7 Å². The predicted octanol–water partition coefficient (Wildman–Crippen LogP) is 4.58. The number of halogens is 3. The fourth-order valence-corrected chi connectivity index (χ4v) is 5.02. The summed E-state index contributed by atoms with van der Waals surface area (Å²) in [6, 6.07) is 13.4. The maximum absolute atomic E-state index is 13.8. The van der Waals surface area contributed by atoms with Crippen LogP contribution in [0.15, 0.2) is 65.6 Å². The number of nitrogens with zero attached hydrogens (tertiary/aromatic N) is 1. The molecule has 0 fully saturated rings. The molecular formula is C25H25ClF2N2O5S. The molecule has 0 saturated carbocycles. The molecule has 0 aliphatic carbocycles. The molecule has 0 aliphatic rings. The molecule has 0 spiro atoms. The number of methoxy groups -OCH3 is 2. The summed E-state index contributed by atoms with van der Waals surface area (Å²) < 4.78 is 65.1. The molecule has 3 aromatic rings. The number of ether oxygens (including phenoxy) is 2. The number of carbonyl (C=O) groups excluding carboxylic acids is 1. The van der Waals surface area contributed by atoms with E-state index >= 15 is 0 Å². The Morgan fingerprint density at radius 1 is 0.972 bits per heavy atom. The normalized spacial score (nSPS) is 11.1. The summed E-state index contributed by atoms with van der Waals surface area (Å²) in [5.74, 6) is -1.12. The van der Waals surface area contributed by atoms with Crippen LogP contribution in [-0.2, 0) is 21.2 Å². The minimum atomic E-state index is -4.29. The second-order valence-electron chi connectivity index (χ2n) is 7.71. The van der Waals surface area contributed by atoms with Crippen molar-refractivity contribution < 1.29 is 31.5 Å². The number of aryl methyl sites for hydroxylation is 1. The Balaban J connectivity index is 1.80. The van der Waals surface area contributed by atoms with Crippen LogP contribution in [0.1, 0.15) is 12.0 Å². The number of hydrogen-bond acceptors (Lipinski definition) is 5. The SMILES string of the molecule is COc1ccc(S(=O)(=O)N(CC(=O)NCCCc2ccc(F)cc2)c2ccc(F)c(Cl)c2)cc1OC. The van der Waals surface area contributed by atoms with Crippen LogP contribution < -0.4 is 19.1 Å². The Morgan fingerprint density at radius 2 is 1.67 bits per heavy atom. The Hall–Kier alpha value is -3.37. The third-order valence-corrected chi connectivity index (χ3v) is 7.36. The van der Waals surface area contributed by atoms with Crippen molar-refractivity contribution in [2.75, 3.05) is 31.6 Å². The van der Waals surface area contributed by atoms with Gasteiger partial charge < -0.3 is 14.8 Å². The van der Waals surface area contributed by atoms with Crippen molar-refractivity contribution in [3.05, 3.63) is 82.9 Å². The van der Waals surface area contributed by atoms with Gasteiger partial charge in [0, 0.05) is 12.6 Å². The molecule has 0 aliphatic heterocycles. The monoisotopic (exact) mass is 538 g/mol. The lowest BCUT2D eigenvalue weighted by Gasteiger charge is -2.25. The highest BCUT2D eigenvalue weighted by Crippen LogP contribution is 2.33. The number of hydrogen-bond donors (Lipinski definition) is 1. The van der Waals surface area contributed by atoms with Gasteiger partial charge in [0.15, 0.2) is 11.5 Å². The van der Waals surface area contributed by atoms with Crippen molar-refractivity contribution in [1.82, 2.24) is 5.32 Å². The first-order valence-electron chi connectivity index (χ1n) is 10.9. The molecular weight excluding hydrogens is 514 g/mol. The minimum Gasteiger partial charge on any atom is -0.493 e. The maximum Gasteiger partial charge on any atom is 0.264 e. The quantitative estimate of drug-likeness (QED) is 0.361. The van der Waals surface area contributed by atoms with E-state index < -0.39 is 28.3 Å². The zero-order chi connectivity index (χ0) is 26.3. The smallest absolute Gasteiger partial charge is 0.264 e. The highest BCUT2D eigenvalue weighted by Gasteiger charge is 2.29. The van der Waals surface area contributed by atoms with E-state index in [1.54, 1.807) is 12.1 Å². The number of rotatable bonds is 11. The van der Waals surface area contributed by atoms with Crippen molar-refractivity contribution in [2.45, 2.75) is 17.7 Å². The van der Waals surface area contributed by atoms with Crippen molar-refractivity contribution in [3.8, 4) is 11.5 Å². The number of anilines is 1. The Kier molecular flexibility index (Phi) is 9.11. The zero-order valence-corrected chi connectivity index (χ0v) is 21.2. The summed E-state index contributed by atoms with van der Waals surface area (Å²) in [6.45, 7) is -0.306. The van der Waals surface area contributed by atoms with Crippen molar-refractivity contribution in [3.63, 3.8) is 0 Å². The van der Waals surface area contributed by atoms with Crippen molar-refractivity contribution in [2.24, 2.45) is 0 Å². The van der Waals surface area contributed by atoms with Gasteiger partial charge in [0.2, 0.25) is 5.91 Å². The third kappa shape index (κ3) is 6.64. The largest absolute Gasteiger partial charge is 0.493 e. The van der Waals surface area contributed by atoms with Gasteiger partial charge in [-0.2, -0.15) is 0 Å². The maximum atomic E-state index is 13.8. The van der Waals surface area contributed by atoms with E-state index in [2.05, 4.69) is 5.32 Å². The summed E-state index contributed by atoms with van der Waals surface area (Å²) in [7, 11) is -1.51. The number of carbonyl (C=O) groups is 1. The fourth-order valence-electron chi connectivity index (χ4n) is 3.42. The summed E-state index contributed by atoms with van der Waals surface area (Å²) in [5.41, 5.74) is 0.918. The second kappa shape index (κ2) is 12.0. The third-order valence-electron chi connectivity index (χ3n) is 5.30. The molecule has 192 valence electrons. The highest BCUT2D eigenvalue weighted by molar-refractivity contribution is 7.92. The van der Waals surface area contributed by atoms with Gasteiger partial charge in [0.05, 0.1) is 29.8 Å². The molecule has 7 nitrogen and oxygen atoms in total. The van der Waals surface area contributed by atoms with E-state index in [-0.39, 0.29) is 33.7 Å². The molecule has 11 heteroatoms. The van der Waals surface area contributed by atoms with Gasteiger partial charge in [-0.3, -0.25) is 9.10 Å². The molecule has 36 heavy (non-hydrogen) atoms. The Bertz CT molecular complexity index is 1320. The Labute approximate surface area is 213 Å². The standard InChI is InChI=1S/C25H25ClF2N2O5S/c1-34-23-12-10-20(15-24(23)35-2)36(32,33)30(19-9-11-22(28)21(26)14-19)16-25(31)29-13-3-4-17-5-7-18(27)8-6-17/h5-12,14-15H,3-4,13,16H2,1-2H3,(H,29,31). The minimum absolute atomic E-state index is 0.0117. The lowest BCUT2D eigenvalue weighted by atomic mass is 10.1. The van der Waals surface area contributed by atoms with Crippen LogP contribution in [0.3, 0.4) is 0 Å². The molecule has 0 saturated heterocycles. The predicted molar refractivity (Wildman–Crippen MR) is 133 cm³/mol. The Morgan fingerprint density at radius 3 is 2.31 bits per heavy atom. The van der Waals surface area contributed by atoms with Crippen molar-refractivity contribution >= 4 is 33.2 Å². The molecule has 0 unspecified atom stereocenters. The van der Waals surface area contributed by atoms with Gasteiger partial charge in [0.1, 0.15) is 18.2 Å². The van der Waals surface area contributed by atoms with Crippen LogP contribution in [0.5, 0.6) is 11.5 Å². The summed E-state index contributed by atoms with van der Waals surface area (Å²) in [5, 5.41) is 2.39. The van der Waals surface area contributed by atoms with E-state index in [0.717, 1.165) is 22.0 Å². The summed E-state index contributed by atoms with van der Waals surface area (Å²) in [4.78, 5) is 12.6. The zero-order valence-electron chi connectivity index (χ0n) is 19.6. The lowest BCUT2D eigenvalue weighted by molar-refractivity contribution is -0.119. The molecule has 3 rings (SSSR count). The van der Waals surface area contributed by atoms with E-state index in [1.807, 2.05) is 0 Å². The lowest BCUT2D eigenvalue weighted by Crippen LogP contribution is -2.41. The van der Waals surface area contributed by atoms with Crippen molar-refractivity contribution in [1.29, 1.82) is 0 Å². The molecule has 0 aromatic heterocycles. The van der Waals surface area contributed by atoms with Crippen LogP contribution >= 0.6 is 11.6 Å². The van der Waals surface area contributed by atoms with Gasteiger partial charge in [-0.15, -0.1) is 0 Å². The van der Waals surface area contributed by atoms with Crippen LogP contribution in [0.4, 0.5) is 14.5 Å². The van der Waals surface area contributed by atoms with E-state index in [9.17, 15) is 22.0 Å². The molecule has 0 bridgehead atoms. The summed E-state index contributed by atoms with van der Waals surface area (Å²) in [6.07, 6.45) is 1.16. The highest BCUT2D eigenvalue weighted by atomic mass is 35.5. The molecule has 0 radical (unpaired) electrons. The fraction of sp³-hybridized carbons (Fsp3) is 0.240. The first-order chi connectivity index (χ1) is 17.1. The van der Waals surface area contributed by atoms with Gasteiger partial charge in [-0.25, -0.2) is 17.2 Å². The molecule has 0 heterocycles. The van der Waals surface area contributed by atoms with Gasteiger partial charge in [-0.05, 0) is 60.9 Å². The molecule has 0 atom stereocenters. The van der Waals surface area contributed by atoms with Crippen LogP contribution in [-0.4, -0.2) is 41.6 Å². The van der Waals surface area contributed by atoms with E-state index in [0.29, 0.717) is 18.6 Å². The first-order valence-corrected chi connectivity index (χ1v) is 12.7. The topological polar surface area (TPSA) is 84.9 Å². The summed E-state index contributed by atoms with van der Waals surface area (Å²) >= 11 is 5.89. The van der Waals surface area contributed by atoms with Crippen LogP contribution in [0.2, 0.25) is 5.02 Å². The average Bonchev–Trinajstić information content (AvgIpc) is 2.87. The van der Waals surface area contributed by atoms with Gasteiger partial charge in [0.25, 0.3) is 10.0 Å². The number of sulfonamides is 1. The molecule has 3 aromatic carbocycles. The molecule has 1 N–H and O–H groups in total. The average molecular weight is 539 g/mol. The number of nitrogens with one attached hydrogen (secondary N) is 1. The second-order valence-corrected chi connectivity index (χ2v) is 9.98. The van der Waals surface area contributed by atoms with Crippen LogP contribution in [0.25, 0.3) is 0 Å².